The molecule has 6 heteroatoms. The number of aryl methyl sites for hydroxylation is 1. The molecule has 0 amide bonds. The van der Waals surface area contributed by atoms with Gasteiger partial charge < -0.3 is 9.47 Å². The molecule has 0 aliphatic carbocycles. The van der Waals surface area contributed by atoms with E-state index in [0.717, 1.165) is 24.2 Å². The van der Waals surface area contributed by atoms with Gasteiger partial charge in [-0.25, -0.2) is 8.42 Å². The number of rotatable bonds is 6. The summed E-state index contributed by atoms with van der Waals surface area (Å²) in [6.45, 7) is 3.41. The van der Waals surface area contributed by atoms with E-state index in [-0.39, 0.29) is 5.92 Å². The number of hydrogen-bond acceptors (Lipinski definition) is 4. The molecule has 1 atom stereocenters. The van der Waals surface area contributed by atoms with Gasteiger partial charge in [-0.1, -0.05) is 18.2 Å². The minimum atomic E-state index is -3.50. The molecule has 1 unspecified atom stereocenters. The monoisotopic (exact) mass is 375 g/mol. The van der Waals surface area contributed by atoms with Crippen molar-refractivity contribution in [1.82, 2.24) is 4.31 Å². The lowest BCUT2D eigenvalue weighted by Crippen LogP contribution is -2.41. The van der Waals surface area contributed by atoms with Crippen LogP contribution in [0.3, 0.4) is 0 Å². The number of nitrogens with zero attached hydrogens (tertiary/aromatic N) is 1. The Morgan fingerprint density at radius 3 is 2.62 bits per heavy atom. The fourth-order valence-corrected chi connectivity index (χ4v) is 4.91. The van der Waals surface area contributed by atoms with Crippen LogP contribution in [0.4, 0.5) is 0 Å². The molecular formula is C20H25NO4S. The molecule has 0 aromatic heterocycles. The van der Waals surface area contributed by atoms with Gasteiger partial charge in [0.1, 0.15) is 11.5 Å². The SMILES string of the molecule is COc1ccc(S(=O)(=O)N2CCCC(COc3ccccc3)C2)cc1C. The Bertz CT molecular complexity index is 836. The van der Waals surface area contributed by atoms with Crippen molar-refractivity contribution in [2.45, 2.75) is 24.7 Å². The van der Waals surface area contributed by atoms with Crippen LogP contribution in [0, 0.1) is 12.8 Å². The summed E-state index contributed by atoms with van der Waals surface area (Å²) in [7, 11) is -1.92. The number of benzene rings is 2. The highest BCUT2D eigenvalue weighted by Crippen LogP contribution is 2.27. The molecule has 1 aliphatic rings. The second-order valence-corrected chi connectivity index (χ2v) is 8.56. The van der Waals surface area contributed by atoms with Gasteiger partial charge >= 0.3 is 0 Å². The van der Waals surface area contributed by atoms with Crippen molar-refractivity contribution >= 4 is 10.0 Å². The zero-order valence-corrected chi connectivity index (χ0v) is 16.0. The first-order valence-electron chi connectivity index (χ1n) is 8.83. The number of para-hydroxylation sites is 1. The average Bonchev–Trinajstić information content (AvgIpc) is 2.67. The normalized spacial score (nSPS) is 18.5. The molecular weight excluding hydrogens is 350 g/mol. The van der Waals surface area contributed by atoms with Crippen molar-refractivity contribution in [3.05, 3.63) is 54.1 Å². The molecule has 3 rings (SSSR count). The summed E-state index contributed by atoms with van der Waals surface area (Å²) in [5.74, 6) is 1.70. The van der Waals surface area contributed by atoms with Crippen LogP contribution in [0.2, 0.25) is 0 Å². The molecule has 1 saturated heterocycles. The smallest absolute Gasteiger partial charge is 0.243 e. The molecule has 1 heterocycles. The molecule has 26 heavy (non-hydrogen) atoms. The highest BCUT2D eigenvalue weighted by Gasteiger charge is 2.30. The summed E-state index contributed by atoms with van der Waals surface area (Å²) in [4.78, 5) is 0.320. The molecule has 5 nitrogen and oxygen atoms in total. The molecule has 2 aromatic rings. The zero-order valence-electron chi connectivity index (χ0n) is 15.2. The third kappa shape index (κ3) is 4.19. The van der Waals surface area contributed by atoms with Crippen LogP contribution >= 0.6 is 0 Å². The summed E-state index contributed by atoms with van der Waals surface area (Å²) in [5.41, 5.74) is 0.814. The van der Waals surface area contributed by atoms with Crippen molar-refractivity contribution < 1.29 is 17.9 Å². The van der Waals surface area contributed by atoms with E-state index >= 15 is 0 Å². The van der Waals surface area contributed by atoms with Crippen molar-refractivity contribution in [2.24, 2.45) is 5.92 Å². The van der Waals surface area contributed by atoms with E-state index in [0.29, 0.717) is 30.3 Å². The third-order valence-electron chi connectivity index (χ3n) is 4.71. The van der Waals surface area contributed by atoms with Gasteiger partial charge in [-0.05, 0) is 55.7 Å². The molecule has 0 saturated carbocycles. The van der Waals surface area contributed by atoms with Gasteiger partial charge in [0, 0.05) is 19.0 Å². The number of sulfonamides is 1. The minimum absolute atomic E-state index is 0.193. The molecule has 2 aromatic carbocycles. The lowest BCUT2D eigenvalue weighted by atomic mass is 10.0. The maximum Gasteiger partial charge on any atom is 0.243 e. The third-order valence-corrected chi connectivity index (χ3v) is 6.58. The lowest BCUT2D eigenvalue weighted by molar-refractivity contribution is 0.180. The first kappa shape index (κ1) is 18.7. The van der Waals surface area contributed by atoms with E-state index in [2.05, 4.69) is 0 Å². The van der Waals surface area contributed by atoms with Crippen LogP contribution in [0.5, 0.6) is 11.5 Å². The van der Waals surface area contributed by atoms with Gasteiger partial charge in [0.15, 0.2) is 0 Å². The Morgan fingerprint density at radius 1 is 1.15 bits per heavy atom. The number of piperidine rings is 1. The Morgan fingerprint density at radius 2 is 1.92 bits per heavy atom. The molecule has 0 bridgehead atoms. The topological polar surface area (TPSA) is 55.8 Å². The van der Waals surface area contributed by atoms with E-state index in [9.17, 15) is 8.42 Å². The second kappa shape index (κ2) is 8.10. The Labute approximate surface area is 155 Å². The molecule has 0 radical (unpaired) electrons. The maximum atomic E-state index is 13.0. The van der Waals surface area contributed by atoms with Crippen LogP contribution in [0.15, 0.2) is 53.4 Å². The van der Waals surface area contributed by atoms with Crippen molar-refractivity contribution in [3.63, 3.8) is 0 Å². The maximum absolute atomic E-state index is 13.0. The largest absolute Gasteiger partial charge is 0.496 e. The van der Waals surface area contributed by atoms with Crippen LogP contribution < -0.4 is 9.47 Å². The van der Waals surface area contributed by atoms with Crippen molar-refractivity contribution in [3.8, 4) is 11.5 Å². The number of hydrogen-bond donors (Lipinski definition) is 0. The van der Waals surface area contributed by atoms with Crippen molar-refractivity contribution in [1.29, 1.82) is 0 Å². The Hall–Kier alpha value is -2.05. The predicted octanol–water partition coefficient (Wildman–Crippen LogP) is 3.48. The quantitative estimate of drug-likeness (QED) is 0.776. The summed E-state index contributed by atoms with van der Waals surface area (Å²) < 4.78 is 38.6. The average molecular weight is 375 g/mol. The lowest BCUT2D eigenvalue weighted by Gasteiger charge is -2.32. The second-order valence-electron chi connectivity index (χ2n) is 6.63. The van der Waals surface area contributed by atoms with Gasteiger partial charge in [-0.15, -0.1) is 0 Å². The van der Waals surface area contributed by atoms with Gasteiger partial charge in [0.05, 0.1) is 18.6 Å². The van der Waals surface area contributed by atoms with E-state index in [1.165, 1.54) is 0 Å². The van der Waals surface area contributed by atoms with Gasteiger partial charge in [-0.3, -0.25) is 0 Å². The first-order valence-corrected chi connectivity index (χ1v) is 10.3. The molecule has 140 valence electrons. The van der Waals surface area contributed by atoms with Gasteiger partial charge in [0.25, 0.3) is 0 Å². The fraction of sp³-hybridized carbons (Fsp3) is 0.400. The highest BCUT2D eigenvalue weighted by molar-refractivity contribution is 7.89. The van der Waals surface area contributed by atoms with E-state index in [1.54, 1.807) is 29.6 Å². The van der Waals surface area contributed by atoms with E-state index in [1.807, 2.05) is 37.3 Å². The van der Waals surface area contributed by atoms with Gasteiger partial charge in [-0.2, -0.15) is 4.31 Å². The summed E-state index contributed by atoms with van der Waals surface area (Å²) >= 11 is 0. The Kier molecular flexibility index (Phi) is 5.84. The van der Waals surface area contributed by atoms with Crippen LogP contribution in [-0.2, 0) is 10.0 Å². The number of ether oxygens (including phenoxy) is 2. The molecule has 0 N–H and O–H groups in total. The molecule has 0 spiro atoms. The first-order chi connectivity index (χ1) is 12.5. The molecule has 1 fully saturated rings. The van der Waals surface area contributed by atoms with Crippen LogP contribution in [0.1, 0.15) is 18.4 Å². The van der Waals surface area contributed by atoms with E-state index in [4.69, 9.17) is 9.47 Å². The molecule has 1 aliphatic heterocycles. The van der Waals surface area contributed by atoms with E-state index < -0.39 is 10.0 Å². The van der Waals surface area contributed by atoms with Crippen LogP contribution in [0.25, 0.3) is 0 Å². The van der Waals surface area contributed by atoms with Gasteiger partial charge in [0.2, 0.25) is 10.0 Å². The summed E-state index contributed by atoms with van der Waals surface area (Å²) in [6, 6.07) is 14.6. The standard InChI is InChI=1S/C20H25NO4S/c1-16-13-19(10-11-20(16)24-2)26(22,23)21-12-6-7-17(14-21)15-25-18-8-4-3-5-9-18/h3-5,8-11,13,17H,6-7,12,14-15H2,1-2H3. The summed E-state index contributed by atoms with van der Waals surface area (Å²) in [5, 5.41) is 0. The minimum Gasteiger partial charge on any atom is -0.496 e. The summed E-state index contributed by atoms with van der Waals surface area (Å²) in [6.07, 6.45) is 1.82. The highest BCUT2D eigenvalue weighted by atomic mass is 32.2. The fourth-order valence-electron chi connectivity index (χ4n) is 3.27. The van der Waals surface area contributed by atoms with Crippen LogP contribution in [-0.4, -0.2) is 39.5 Å². The Balaban J connectivity index is 1.68. The zero-order chi connectivity index (χ0) is 18.6. The number of methoxy groups -OCH3 is 1. The van der Waals surface area contributed by atoms with Crippen molar-refractivity contribution in [2.75, 3.05) is 26.8 Å². The predicted molar refractivity (Wildman–Crippen MR) is 101 cm³/mol.